The van der Waals surface area contributed by atoms with E-state index in [1.165, 1.54) is 12.1 Å². The van der Waals surface area contributed by atoms with Crippen LogP contribution >= 0.6 is 0 Å². The highest BCUT2D eigenvalue weighted by molar-refractivity contribution is 5.79. The fourth-order valence-corrected chi connectivity index (χ4v) is 2.37. The first-order valence-corrected chi connectivity index (χ1v) is 8.46. The van der Waals surface area contributed by atoms with E-state index in [0.29, 0.717) is 11.1 Å². The van der Waals surface area contributed by atoms with E-state index in [0.717, 1.165) is 11.1 Å². The maximum atomic E-state index is 13.2. The Kier molecular flexibility index (Phi) is 7.43. The molecule has 0 aliphatic heterocycles. The number of nitrogens with one attached hydrogen (secondary N) is 2. The van der Waals surface area contributed by atoms with Gasteiger partial charge in [-0.3, -0.25) is 9.59 Å². The topological polar surface area (TPSA) is 67.4 Å². The Balaban J connectivity index is 1.64. The van der Waals surface area contributed by atoms with Gasteiger partial charge in [0.2, 0.25) is 11.8 Å². The molecule has 0 atom stereocenters. The summed E-state index contributed by atoms with van der Waals surface area (Å²) in [6.45, 7) is 3.27. The van der Waals surface area contributed by atoms with Gasteiger partial charge in [-0.05, 0) is 48.2 Å². The largest absolute Gasteiger partial charge is 0.362 e. The Bertz CT molecular complexity index is 757. The smallest absolute Gasteiger partial charge is 0.246 e. The third-order valence-electron chi connectivity index (χ3n) is 3.89. The van der Waals surface area contributed by atoms with Crippen molar-refractivity contribution in [2.24, 2.45) is 0 Å². The molecule has 0 bridgehead atoms. The van der Waals surface area contributed by atoms with E-state index in [2.05, 4.69) is 10.6 Å². The van der Waals surface area contributed by atoms with Gasteiger partial charge in [0.25, 0.3) is 0 Å². The zero-order chi connectivity index (χ0) is 19.8. The third kappa shape index (κ3) is 6.79. The highest BCUT2D eigenvalue weighted by atomic mass is 19.1. The van der Waals surface area contributed by atoms with Crippen LogP contribution in [0.3, 0.4) is 0 Å². The predicted molar refractivity (Wildman–Crippen MR) is 96.8 cm³/mol. The Morgan fingerprint density at radius 1 is 0.815 bits per heavy atom. The van der Waals surface area contributed by atoms with Gasteiger partial charge >= 0.3 is 0 Å². The van der Waals surface area contributed by atoms with Crippen LogP contribution in [0.4, 0.5) is 8.78 Å². The van der Waals surface area contributed by atoms with Crippen LogP contribution in [0.2, 0.25) is 0 Å². The van der Waals surface area contributed by atoms with Crippen molar-refractivity contribution in [1.29, 1.82) is 0 Å². The van der Waals surface area contributed by atoms with Crippen molar-refractivity contribution < 1.29 is 23.1 Å². The van der Waals surface area contributed by atoms with Crippen LogP contribution in [0.15, 0.2) is 36.4 Å². The first kappa shape index (κ1) is 20.5. The second-order valence-corrected chi connectivity index (χ2v) is 6.21. The van der Waals surface area contributed by atoms with E-state index in [4.69, 9.17) is 4.74 Å². The molecule has 5 nitrogen and oxygen atoms in total. The molecule has 0 spiro atoms. The summed E-state index contributed by atoms with van der Waals surface area (Å²) in [7, 11) is 0. The first-order valence-electron chi connectivity index (χ1n) is 8.46. The number of carbonyl (C=O) groups is 2. The van der Waals surface area contributed by atoms with Gasteiger partial charge in [0.15, 0.2) is 0 Å². The minimum absolute atomic E-state index is 0.249. The number of benzene rings is 2. The summed E-state index contributed by atoms with van der Waals surface area (Å²) in [5.74, 6) is -1.34. The second-order valence-electron chi connectivity index (χ2n) is 6.21. The quantitative estimate of drug-likeness (QED) is 0.744. The van der Waals surface area contributed by atoms with Crippen molar-refractivity contribution >= 4 is 11.8 Å². The van der Waals surface area contributed by atoms with Gasteiger partial charge in [0, 0.05) is 13.1 Å². The van der Waals surface area contributed by atoms with E-state index in [9.17, 15) is 18.4 Å². The lowest BCUT2D eigenvalue weighted by atomic mass is 10.1. The van der Waals surface area contributed by atoms with E-state index in [-0.39, 0.29) is 49.8 Å². The van der Waals surface area contributed by atoms with Crippen molar-refractivity contribution in [2.75, 3.05) is 13.2 Å². The van der Waals surface area contributed by atoms with Crippen molar-refractivity contribution in [2.45, 2.75) is 26.9 Å². The van der Waals surface area contributed by atoms with E-state index < -0.39 is 0 Å². The summed E-state index contributed by atoms with van der Waals surface area (Å²) in [6, 6.07) is 9.19. The monoisotopic (exact) mass is 376 g/mol. The molecule has 0 aliphatic rings. The Hall–Kier alpha value is -2.80. The fraction of sp³-hybridized carbons (Fsp3) is 0.300. The molecule has 0 aromatic heterocycles. The van der Waals surface area contributed by atoms with Crippen molar-refractivity contribution in [3.8, 4) is 0 Å². The molecule has 2 amide bonds. The average molecular weight is 376 g/mol. The Morgan fingerprint density at radius 2 is 1.22 bits per heavy atom. The van der Waals surface area contributed by atoms with Gasteiger partial charge in [0.1, 0.15) is 24.8 Å². The maximum Gasteiger partial charge on any atom is 0.246 e. The SMILES string of the molecule is Cc1cc(CNC(=O)COCC(=O)NCc2ccc(F)c(C)c2)ccc1F. The lowest BCUT2D eigenvalue weighted by Crippen LogP contribution is -2.31. The van der Waals surface area contributed by atoms with Crippen LogP contribution < -0.4 is 10.6 Å². The van der Waals surface area contributed by atoms with E-state index in [1.54, 1.807) is 38.1 Å². The summed E-state index contributed by atoms with van der Waals surface area (Å²) in [5, 5.41) is 5.27. The summed E-state index contributed by atoms with van der Waals surface area (Å²) in [4.78, 5) is 23.4. The fourth-order valence-electron chi connectivity index (χ4n) is 2.37. The number of hydrogen-bond acceptors (Lipinski definition) is 3. The lowest BCUT2D eigenvalue weighted by molar-refractivity contribution is -0.131. The summed E-state index contributed by atoms with van der Waals surface area (Å²) in [5.41, 5.74) is 2.56. The Morgan fingerprint density at radius 3 is 1.59 bits per heavy atom. The standard InChI is InChI=1S/C20H22F2N2O3/c1-13-7-15(3-5-17(13)21)9-23-19(25)11-27-12-20(26)24-10-16-4-6-18(22)14(2)8-16/h3-8H,9-12H2,1-2H3,(H,23,25)(H,24,26). The molecule has 0 fully saturated rings. The zero-order valence-corrected chi connectivity index (χ0v) is 15.3. The summed E-state index contributed by atoms with van der Waals surface area (Å²) in [6.07, 6.45) is 0. The average Bonchev–Trinajstić information content (AvgIpc) is 2.63. The molecule has 0 saturated heterocycles. The van der Waals surface area contributed by atoms with Crippen LogP contribution in [0, 0.1) is 25.5 Å². The molecule has 0 aliphatic carbocycles. The van der Waals surface area contributed by atoms with Gasteiger partial charge < -0.3 is 15.4 Å². The van der Waals surface area contributed by atoms with Crippen LogP contribution in [0.5, 0.6) is 0 Å². The van der Waals surface area contributed by atoms with Gasteiger partial charge in [-0.15, -0.1) is 0 Å². The highest BCUT2D eigenvalue weighted by Crippen LogP contribution is 2.09. The van der Waals surface area contributed by atoms with Crippen molar-refractivity contribution in [1.82, 2.24) is 10.6 Å². The molecular weight excluding hydrogens is 354 g/mol. The molecule has 2 aromatic rings. The minimum Gasteiger partial charge on any atom is -0.362 e. The molecule has 27 heavy (non-hydrogen) atoms. The van der Waals surface area contributed by atoms with Gasteiger partial charge in [-0.25, -0.2) is 8.78 Å². The minimum atomic E-state index is -0.376. The van der Waals surface area contributed by atoms with Gasteiger partial charge in [0.05, 0.1) is 0 Å². The molecule has 2 aromatic carbocycles. The number of carbonyl (C=O) groups excluding carboxylic acids is 2. The molecule has 0 unspecified atom stereocenters. The zero-order valence-electron chi connectivity index (χ0n) is 15.3. The highest BCUT2D eigenvalue weighted by Gasteiger charge is 2.07. The molecule has 144 valence electrons. The number of halogens is 2. The van der Waals surface area contributed by atoms with E-state index in [1.807, 2.05) is 0 Å². The lowest BCUT2D eigenvalue weighted by Gasteiger charge is -2.09. The van der Waals surface area contributed by atoms with Gasteiger partial charge in [-0.2, -0.15) is 0 Å². The number of ether oxygens (including phenoxy) is 1. The molecule has 7 heteroatoms. The summed E-state index contributed by atoms with van der Waals surface area (Å²) < 4.78 is 31.4. The van der Waals surface area contributed by atoms with Crippen molar-refractivity contribution in [3.05, 3.63) is 70.3 Å². The van der Waals surface area contributed by atoms with Gasteiger partial charge in [-0.1, -0.05) is 24.3 Å². The van der Waals surface area contributed by atoms with E-state index >= 15 is 0 Å². The normalized spacial score (nSPS) is 10.5. The molecule has 2 rings (SSSR count). The molecular formula is C20H22F2N2O3. The van der Waals surface area contributed by atoms with Crippen LogP contribution in [-0.4, -0.2) is 25.0 Å². The number of aryl methyl sites for hydroxylation is 2. The van der Waals surface area contributed by atoms with Crippen LogP contribution in [-0.2, 0) is 27.4 Å². The van der Waals surface area contributed by atoms with Crippen LogP contribution in [0.25, 0.3) is 0 Å². The second kappa shape index (κ2) is 9.78. The molecule has 0 heterocycles. The summed E-state index contributed by atoms with van der Waals surface area (Å²) >= 11 is 0. The number of amides is 2. The predicted octanol–water partition coefficient (Wildman–Crippen LogP) is 2.53. The maximum absolute atomic E-state index is 13.2. The molecule has 2 N–H and O–H groups in total. The number of hydrogen-bond donors (Lipinski definition) is 2. The first-order chi connectivity index (χ1) is 12.8. The number of rotatable bonds is 8. The van der Waals surface area contributed by atoms with Crippen LogP contribution in [0.1, 0.15) is 22.3 Å². The molecule has 0 radical (unpaired) electrons. The molecule has 0 saturated carbocycles. The third-order valence-corrected chi connectivity index (χ3v) is 3.89. The Labute approximate surface area is 156 Å². The van der Waals surface area contributed by atoms with Crippen molar-refractivity contribution in [3.63, 3.8) is 0 Å².